The molecular formula is C7H10O5. The van der Waals surface area contributed by atoms with Gasteiger partial charge in [-0.1, -0.05) is 0 Å². The molecule has 5 nitrogen and oxygen atoms in total. The molecule has 3 N–H and O–H groups in total. The van der Waals surface area contributed by atoms with Crippen molar-refractivity contribution in [2.45, 2.75) is 36.8 Å². The molecule has 0 aromatic carbocycles. The molecule has 1 aliphatic heterocycles. The smallest absolute Gasteiger partial charge is 0.338 e. The molecule has 1 aliphatic carbocycles. The summed E-state index contributed by atoms with van der Waals surface area (Å²) in [6, 6.07) is 0. The van der Waals surface area contributed by atoms with Crippen LogP contribution in [0.15, 0.2) is 0 Å². The molecule has 0 aromatic rings. The second kappa shape index (κ2) is 2.18. The Morgan fingerprint density at radius 2 is 2.08 bits per heavy atom. The van der Waals surface area contributed by atoms with Crippen molar-refractivity contribution in [2.24, 2.45) is 0 Å². The van der Waals surface area contributed by atoms with Gasteiger partial charge >= 0.3 is 5.97 Å². The molecule has 5 heteroatoms. The van der Waals surface area contributed by atoms with Crippen LogP contribution in [0.2, 0.25) is 0 Å². The fourth-order valence-corrected chi connectivity index (χ4v) is 1.78. The largest absolute Gasteiger partial charge is 0.457 e. The first kappa shape index (κ1) is 7.97. The topological polar surface area (TPSA) is 87.0 Å². The fraction of sp³-hybridized carbons (Fsp3) is 0.857. The zero-order chi connectivity index (χ0) is 8.93. The van der Waals surface area contributed by atoms with E-state index in [0.29, 0.717) is 0 Å². The first-order valence-corrected chi connectivity index (χ1v) is 3.82. The third-order valence-electron chi connectivity index (χ3n) is 2.50. The van der Waals surface area contributed by atoms with Crippen LogP contribution < -0.4 is 0 Å². The molecule has 2 aliphatic rings. The van der Waals surface area contributed by atoms with Crippen LogP contribution in [-0.4, -0.2) is 45.2 Å². The number of ether oxygens (including phenoxy) is 1. The average molecular weight is 174 g/mol. The normalized spacial score (nSPS) is 52.2. The molecule has 4 atom stereocenters. The zero-order valence-corrected chi connectivity index (χ0v) is 6.30. The first-order chi connectivity index (χ1) is 5.53. The summed E-state index contributed by atoms with van der Waals surface area (Å²) in [5, 5.41) is 28.0. The lowest BCUT2D eigenvalue weighted by Crippen LogP contribution is -2.48. The molecule has 0 unspecified atom stereocenters. The zero-order valence-electron chi connectivity index (χ0n) is 6.30. The monoisotopic (exact) mass is 174 g/mol. The van der Waals surface area contributed by atoms with Crippen molar-refractivity contribution in [1.82, 2.24) is 0 Å². The van der Waals surface area contributed by atoms with E-state index in [1.54, 1.807) is 0 Å². The summed E-state index contributed by atoms with van der Waals surface area (Å²) in [4.78, 5) is 11.0. The molecule has 68 valence electrons. The Morgan fingerprint density at radius 1 is 1.42 bits per heavy atom. The number of aliphatic hydroxyl groups excluding tert-OH is 2. The number of aliphatic hydroxyl groups is 3. The van der Waals surface area contributed by atoms with Crippen molar-refractivity contribution < 1.29 is 24.9 Å². The summed E-state index contributed by atoms with van der Waals surface area (Å²) in [6.07, 6.45) is -2.92. The highest BCUT2D eigenvalue weighted by atomic mass is 16.6. The Kier molecular flexibility index (Phi) is 1.45. The van der Waals surface area contributed by atoms with E-state index >= 15 is 0 Å². The van der Waals surface area contributed by atoms with E-state index in [4.69, 9.17) is 0 Å². The van der Waals surface area contributed by atoms with Gasteiger partial charge in [0.1, 0.15) is 12.2 Å². The molecular weight excluding hydrogens is 164 g/mol. The number of fused-ring (bicyclic) bond motifs is 2. The van der Waals surface area contributed by atoms with Gasteiger partial charge in [0.25, 0.3) is 0 Å². The van der Waals surface area contributed by atoms with Crippen LogP contribution in [0.3, 0.4) is 0 Å². The van der Waals surface area contributed by atoms with Crippen LogP contribution in [0.1, 0.15) is 12.8 Å². The lowest BCUT2D eigenvalue weighted by molar-refractivity contribution is -0.154. The first-order valence-electron chi connectivity index (χ1n) is 3.82. The molecule has 2 bridgehead atoms. The van der Waals surface area contributed by atoms with Gasteiger partial charge in [0.05, 0.1) is 6.10 Å². The van der Waals surface area contributed by atoms with Crippen molar-refractivity contribution in [3.8, 4) is 0 Å². The number of hydrogen-bond donors (Lipinski definition) is 3. The lowest BCUT2D eigenvalue weighted by Gasteiger charge is -2.30. The third-order valence-corrected chi connectivity index (χ3v) is 2.50. The second-order valence-electron chi connectivity index (χ2n) is 3.44. The quantitative estimate of drug-likeness (QED) is 0.375. The number of rotatable bonds is 0. The Hall–Kier alpha value is -0.650. The SMILES string of the molecule is O=C1O[C@@H]2C[C@@]1(O)C[C@@H](O)[C@H]2O. The number of carbonyl (C=O) groups excluding carboxylic acids is 1. The maximum Gasteiger partial charge on any atom is 0.338 e. The fourth-order valence-electron chi connectivity index (χ4n) is 1.78. The predicted octanol–water partition coefficient (Wildman–Crippen LogP) is -1.84. The van der Waals surface area contributed by atoms with E-state index in [1.165, 1.54) is 0 Å². The second-order valence-corrected chi connectivity index (χ2v) is 3.44. The third kappa shape index (κ3) is 0.872. The van der Waals surface area contributed by atoms with Gasteiger partial charge in [0.2, 0.25) is 0 Å². The molecule has 0 aromatic heterocycles. The minimum absolute atomic E-state index is 0.0874. The number of carbonyl (C=O) groups is 1. The van der Waals surface area contributed by atoms with E-state index in [1.807, 2.05) is 0 Å². The van der Waals surface area contributed by atoms with Crippen molar-refractivity contribution in [2.75, 3.05) is 0 Å². The van der Waals surface area contributed by atoms with Crippen molar-refractivity contribution >= 4 is 5.97 Å². The molecule has 0 amide bonds. The van der Waals surface area contributed by atoms with Crippen LogP contribution in [-0.2, 0) is 9.53 Å². The summed E-state index contributed by atoms with van der Waals surface area (Å²) in [6.45, 7) is 0. The van der Waals surface area contributed by atoms with Crippen LogP contribution in [0.5, 0.6) is 0 Å². The Bertz CT molecular complexity index is 228. The van der Waals surface area contributed by atoms with E-state index < -0.39 is 29.9 Å². The summed E-state index contributed by atoms with van der Waals surface area (Å²) in [7, 11) is 0. The average Bonchev–Trinajstić information content (AvgIpc) is 2.22. The molecule has 0 radical (unpaired) electrons. The Labute approximate surface area is 68.6 Å². The minimum atomic E-state index is -1.57. The standard InChI is InChI=1S/C7H10O5/c8-3-1-7(11)2-4(5(3)9)12-6(7)10/h3-5,8-9,11H,1-2H2/t3-,4-,5-,7+/m1/s1. The van der Waals surface area contributed by atoms with Crippen LogP contribution in [0, 0.1) is 0 Å². The summed E-state index contributed by atoms with van der Waals surface area (Å²) in [5.41, 5.74) is -1.57. The summed E-state index contributed by atoms with van der Waals surface area (Å²) >= 11 is 0. The van der Waals surface area contributed by atoms with Gasteiger partial charge < -0.3 is 20.1 Å². The van der Waals surface area contributed by atoms with E-state index in [0.717, 1.165) is 0 Å². The molecule has 2 fully saturated rings. The summed E-state index contributed by atoms with van der Waals surface area (Å²) < 4.78 is 4.67. The Morgan fingerprint density at radius 3 is 2.75 bits per heavy atom. The van der Waals surface area contributed by atoms with E-state index in [2.05, 4.69) is 4.74 Å². The van der Waals surface area contributed by atoms with E-state index in [9.17, 15) is 20.1 Å². The molecule has 1 saturated carbocycles. The van der Waals surface area contributed by atoms with Crippen molar-refractivity contribution in [3.05, 3.63) is 0 Å². The van der Waals surface area contributed by atoms with Crippen molar-refractivity contribution in [3.63, 3.8) is 0 Å². The van der Waals surface area contributed by atoms with Gasteiger partial charge in [0.15, 0.2) is 5.60 Å². The lowest BCUT2D eigenvalue weighted by atomic mass is 9.82. The predicted molar refractivity (Wildman–Crippen MR) is 36.1 cm³/mol. The minimum Gasteiger partial charge on any atom is -0.457 e. The molecule has 1 heterocycles. The maximum atomic E-state index is 11.0. The molecule has 12 heavy (non-hydrogen) atoms. The molecule has 2 rings (SSSR count). The van der Waals surface area contributed by atoms with Gasteiger partial charge in [-0.25, -0.2) is 4.79 Å². The highest BCUT2D eigenvalue weighted by molar-refractivity contribution is 5.82. The molecule has 0 spiro atoms. The summed E-state index contributed by atoms with van der Waals surface area (Å²) in [5.74, 6) is -0.733. The van der Waals surface area contributed by atoms with Gasteiger partial charge in [0, 0.05) is 12.8 Å². The van der Waals surface area contributed by atoms with Gasteiger partial charge in [-0.3, -0.25) is 0 Å². The number of hydrogen-bond acceptors (Lipinski definition) is 5. The van der Waals surface area contributed by atoms with Crippen molar-refractivity contribution in [1.29, 1.82) is 0 Å². The van der Waals surface area contributed by atoms with Gasteiger partial charge in [-0.05, 0) is 0 Å². The van der Waals surface area contributed by atoms with Gasteiger partial charge in [-0.15, -0.1) is 0 Å². The van der Waals surface area contributed by atoms with Crippen LogP contribution in [0.4, 0.5) is 0 Å². The Balaban J connectivity index is 2.28. The number of esters is 1. The van der Waals surface area contributed by atoms with E-state index in [-0.39, 0.29) is 12.8 Å². The van der Waals surface area contributed by atoms with Gasteiger partial charge in [-0.2, -0.15) is 0 Å². The highest BCUT2D eigenvalue weighted by Gasteiger charge is 2.56. The maximum absolute atomic E-state index is 11.0. The molecule has 1 saturated heterocycles. The van der Waals surface area contributed by atoms with Crippen LogP contribution >= 0.6 is 0 Å². The van der Waals surface area contributed by atoms with Crippen LogP contribution in [0.25, 0.3) is 0 Å². The highest BCUT2D eigenvalue weighted by Crippen LogP contribution is 2.37.